The second kappa shape index (κ2) is 5.84. The molecule has 0 aliphatic rings. The zero-order chi connectivity index (χ0) is 13.9. The lowest BCUT2D eigenvalue weighted by Crippen LogP contribution is -2.34. The molecule has 0 saturated heterocycles. The SMILES string of the molecule is CC(C)(C)NCc1cnn(Cc2ccc(Br)cn2)c1. The fraction of sp³-hybridized carbons (Fsp3) is 0.429. The van der Waals surface area contributed by atoms with Crippen LogP contribution in [0, 0.1) is 0 Å². The molecular weight excluding hydrogens is 304 g/mol. The maximum absolute atomic E-state index is 4.36. The molecule has 0 atom stereocenters. The van der Waals surface area contributed by atoms with Gasteiger partial charge >= 0.3 is 0 Å². The van der Waals surface area contributed by atoms with Crippen LogP contribution in [-0.4, -0.2) is 20.3 Å². The molecule has 0 amide bonds. The van der Waals surface area contributed by atoms with Gasteiger partial charge in [-0.05, 0) is 48.8 Å². The summed E-state index contributed by atoms with van der Waals surface area (Å²) in [7, 11) is 0. The van der Waals surface area contributed by atoms with Gasteiger partial charge in [-0.25, -0.2) is 0 Å². The Balaban J connectivity index is 1.95. The number of rotatable bonds is 4. The fourth-order valence-corrected chi connectivity index (χ4v) is 1.85. The van der Waals surface area contributed by atoms with E-state index in [9.17, 15) is 0 Å². The van der Waals surface area contributed by atoms with E-state index in [1.165, 1.54) is 5.56 Å². The van der Waals surface area contributed by atoms with Crippen molar-refractivity contribution in [3.63, 3.8) is 0 Å². The molecule has 2 heterocycles. The van der Waals surface area contributed by atoms with Crippen LogP contribution >= 0.6 is 15.9 Å². The Morgan fingerprint density at radius 3 is 2.68 bits per heavy atom. The summed E-state index contributed by atoms with van der Waals surface area (Å²) in [6, 6.07) is 3.99. The summed E-state index contributed by atoms with van der Waals surface area (Å²) < 4.78 is 2.91. The molecule has 0 aliphatic carbocycles. The molecular formula is C14H19BrN4. The monoisotopic (exact) mass is 322 g/mol. The zero-order valence-electron chi connectivity index (χ0n) is 11.5. The van der Waals surface area contributed by atoms with Crippen molar-refractivity contribution in [1.29, 1.82) is 0 Å². The third-order valence-electron chi connectivity index (χ3n) is 2.62. The largest absolute Gasteiger partial charge is 0.308 e. The Kier molecular flexibility index (Phi) is 4.37. The Labute approximate surface area is 122 Å². The molecule has 102 valence electrons. The van der Waals surface area contributed by atoms with Crippen molar-refractivity contribution in [2.75, 3.05) is 0 Å². The van der Waals surface area contributed by atoms with Crippen LogP contribution in [0.25, 0.3) is 0 Å². The van der Waals surface area contributed by atoms with E-state index in [1.807, 2.05) is 23.0 Å². The molecule has 0 aliphatic heterocycles. The Hall–Kier alpha value is -1.20. The smallest absolute Gasteiger partial charge is 0.0831 e. The van der Waals surface area contributed by atoms with Crippen molar-refractivity contribution in [3.05, 3.63) is 46.5 Å². The first-order chi connectivity index (χ1) is 8.92. The van der Waals surface area contributed by atoms with Gasteiger partial charge in [0.25, 0.3) is 0 Å². The van der Waals surface area contributed by atoms with E-state index in [4.69, 9.17) is 0 Å². The zero-order valence-corrected chi connectivity index (χ0v) is 13.1. The van der Waals surface area contributed by atoms with Crippen LogP contribution in [0.5, 0.6) is 0 Å². The van der Waals surface area contributed by atoms with Gasteiger partial charge < -0.3 is 5.32 Å². The van der Waals surface area contributed by atoms with Crippen molar-refractivity contribution in [3.8, 4) is 0 Å². The van der Waals surface area contributed by atoms with Crippen molar-refractivity contribution in [2.45, 2.75) is 39.4 Å². The van der Waals surface area contributed by atoms with Gasteiger partial charge in [-0.3, -0.25) is 9.67 Å². The molecule has 2 rings (SSSR count). The van der Waals surface area contributed by atoms with Gasteiger partial charge in [0.2, 0.25) is 0 Å². The summed E-state index contributed by atoms with van der Waals surface area (Å²) in [6.45, 7) is 8.00. The van der Waals surface area contributed by atoms with Gasteiger partial charge in [-0.2, -0.15) is 5.10 Å². The second-order valence-corrected chi connectivity index (χ2v) is 6.53. The summed E-state index contributed by atoms with van der Waals surface area (Å²) in [4.78, 5) is 4.34. The first kappa shape index (κ1) is 14.2. The van der Waals surface area contributed by atoms with E-state index in [2.05, 4.69) is 58.3 Å². The van der Waals surface area contributed by atoms with Crippen molar-refractivity contribution in [2.24, 2.45) is 0 Å². The summed E-state index contributed by atoms with van der Waals surface area (Å²) in [5.74, 6) is 0. The van der Waals surface area contributed by atoms with E-state index >= 15 is 0 Å². The molecule has 1 N–H and O–H groups in total. The average Bonchev–Trinajstić information content (AvgIpc) is 2.77. The normalized spacial score (nSPS) is 11.8. The fourth-order valence-electron chi connectivity index (χ4n) is 1.62. The number of nitrogens with zero attached hydrogens (tertiary/aromatic N) is 3. The average molecular weight is 323 g/mol. The summed E-state index contributed by atoms with van der Waals surface area (Å²) in [5, 5.41) is 7.81. The third-order valence-corrected chi connectivity index (χ3v) is 3.09. The molecule has 4 nitrogen and oxygen atoms in total. The van der Waals surface area contributed by atoms with Crippen molar-refractivity contribution >= 4 is 15.9 Å². The van der Waals surface area contributed by atoms with Crippen LogP contribution in [0.1, 0.15) is 32.0 Å². The number of pyridine rings is 1. The lowest BCUT2D eigenvalue weighted by molar-refractivity contribution is 0.424. The topological polar surface area (TPSA) is 42.7 Å². The summed E-state index contributed by atoms with van der Waals surface area (Å²) >= 11 is 3.38. The van der Waals surface area contributed by atoms with Gasteiger partial charge in [0, 0.05) is 34.5 Å². The third kappa shape index (κ3) is 4.76. The predicted molar refractivity (Wildman–Crippen MR) is 79.9 cm³/mol. The minimum atomic E-state index is 0.120. The van der Waals surface area contributed by atoms with E-state index in [-0.39, 0.29) is 5.54 Å². The van der Waals surface area contributed by atoms with E-state index < -0.39 is 0 Å². The second-order valence-electron chi connectivity index (χ2n) is 5.62. The quantitative estimate of drug-likeness (QED) is 0.941. The van der Waals surface area contributed by atoms with Gasteiger partial charge in [0.05, 0.1) is 18.4 Å². The maximum Gasteiger partial charge on any atom is 0.0831 e. The lowest BCUT2D eigenvalue weighted by atomic mass is 10.1. The highest BCUT2D eigenvalue weighted by Gasteiger charge is 2.09. The molecule has 2 aromatic heterocycles. The number of nitrogens with one attached hydrogen (secondary N) is 1. The molecule has 0 aromatic carbocycles. The standard InChI is InChI=1S/C14H19BrN4/c1-14(2,3)17-6-11-7-18-19(9-11)10-13-5-4-12(15)8-16-13/h4-5,7-9,17H,6,10H2,1-3H3. The lowest BCUT2D eigenvalue weighted by Gasteiger charge is -2.19. The number of halogens is 1. The van der Waals surface area contributed by atoms with Crippen molar-refractivity contribution < 1.29 is 0 Å². The van der Waals surface area contributed by atoms with E-state index in [1.54, 1.807) is 6.20 Å². The molecule has 0 fully saturated rings. The number of aromatic nitrogens is 3. The van der Waals surface area contributed by atoms with Crippen LogP contribution in [0.2, 0.25) is 0 Å². The van der Waals surface area contributed by atoms with Crippen LogP contribution in [0.15, 0.2) is 35.2 Å². The molecule has 19 heavy (non-hydrogen) atoms. The highest BCUT2D eigenvalue weighted by Crippen LogP contribution is 2.09. The molecule has 0 spiro atoms. The number of hydrogen-bond donors (Lipinski definition) is 1. The molecule has 5 heteroatoms. The highest BCUT2D eigenvalue weighted by molar-refractivity contribution is 9.10. The van der Waals surface area contributed by atoms with E-state index in [0.717, 1.165) is 16.7 Å². The minimum Gasteiger partial charge on any atom is -0.308 e. The van der Waals surface area contributed by atoms with Crippen molar-refractivity contribution in [1.82, 2.24) is 20.1 Å². The Morgan fingerprint density at radius 1 is 1.26 bits per heavy atom. The minimum absolute atomic E-state index is 0.120. The first-order valence-electron chi connectivity index (χ1n) is 6.29. The van der Waals surface area contributed by atoms with Gasteiger partial charge in [-0.15, -0.1) is 0 Å². The summed E-state index contributed by atoms with van der Waals surface area (Å²) in [6.07, 6.45) is 5.76. The molecule has 0 unspecified atom stereocenters. The molecule has 0 radical (unpaired) electrons. The van der Waals surface area contributed by atoms with Gasteiger partial charge in [0.1, 0.15) is 0 Å². The molecule has 2 aromatic rings. The first-order valence-corrected chi connectivity index (χ1v) is 7.08. The van der Waals surface area contributed by atoms with Gasteiger partial charge in [-0.1, -0.05) is 0 Å². The predicted octanol–water partition coefficient (Wildman–Crippen LogP) is 2.98. The van der Waals surface area contributed by atoms with E-state index in [0.29, 0.717) is 6.54 Å². The summed E-state index contributed by atoms with van der Waals surface area (Å²) in [5.41, 5.74) is 2.31. The Morgan fingerprint density at radius 2 is 2.05 bits per heavy atom. The van der Waals surface area contributed by atoms with Crippen LogP contribution in [0.4, 0.5) is 0 Å². The maximum atomic E-state index is 4.36. The highest BCUT2D eigenvalue weighted by atomic mass is 79.9. The van der Waals surface area contributed by atoms with Crippen LogP contribution in [0.3, 0.4) is 0 Å². The molecule has 0 saturated carbocycles. The van der Waals surface area contributed by atoms with Gasteiger partial charge in [0.15, 0.2) is 0 Å². The van der Waals surface area contributed by atoms with Crippen LogP contribution in [-0.2, 0) is 13.1 Å². The molecule has 0 bridgehead atoms. The Bertz CT molecular complexity index is 525. The van der Waals surface area contributed by atoms with Crippen LogP contribution < -0.4 is 5.32 Å². The number of hydrogen-bond acceptors (Lipinski definition) is 3.